The van der Waals surface area contributed by atoms with E-state index >= 15 is 0 Å². The first-order chi connectivity index (χ1) is 4.52. The molecule has 0 spiro atoms. The first-order valence-corrected chi connectivity index (χ1v) is 3.33. The molecule has 0 aromatic rings. The smallest absolute Gasteiger partial charge is 0.294 e. The Morgan fingerprint density at radius 1 is 1.50 bits per heavy atom. The molecule has 0 bridgehead atoms. The highest BCUT2D eigenvalue weighted by atomic mass is 17.0. The van der Waals surface area contributed by atoms with Gasteiger partial charge in [0, 0.05) is 0 Å². The Hall–Kier alpha value is -0.800. The standard InChI is InChI=1S/C6H13NO3/c1-5(2)4-6(3)10-7(8)9/h5-6H,4H2,1-3H3. The van der Waals surface area contributed by atoms with E-state index in [-0.39, 0.29) is 6.10 Å². The fourth-order valence-electron chi connectivity index (χ4n) is 0.854. The molecule has 0 aromatic heterocycles. The van der Waals surface area contributed by atoms with Crippen molar-refractivity contribution in [2.24, 2.45) is 5.92 Å². The lowest BCUT2D eigenvalue weighted by atomic mass is 10.1. The van der Waals surface area contributed by atoms with Crippen LogP contribution in [0.3, 0.4) is 0 Å². The normalized spacial score (nSPS) is 13.2. The van der Waals surface area contributed by atoms with Crippen LogP contribution in [0.25, 0.3) is 0 Å². The van der Waals surface area contributed by atoms with E-state index in [1.54, 1.807) is 6.92 Å². The first-order valence-electron chi connectivity index (χ1n) is 3.33. The van der Waals surface area contributed by atoms with Crippen molar-refractivity contribution in [3.8, 4) is 0 Å². The maximum atomic E-state index is 9.77. The van der Waals surface area contributed by atoms with Crippen LogP contribution >= 0.6 is 0 Å². The topological polar surface area (TPSA) is 52.4 Å². The third-order valence-corrected chi connectivity index (χ3v) is 1.07. The molecule has 0 aliphatic carbocycles. The van der Waals surface area contributed by atoms with E-state index in [0.29, 0.717) is 5.92 Å². The summed E-state index contributed by atoms with van der Waals surface area (Å²) in [5, 5.41) is 9.03. The maximum Gasteiger partial charge on any atom is 0.294 e. The van der Waals surface area contributed by atoms with Gasteiger partial charge < -0.3 is 4.84 Å². The maximum absolute atomic E-state index is 9.77. The molecule has 0 heterocycles. The first kappa shape index (κ1) is 9.20. The summed E-state index contributed by atoms with van der Waals surface area (Å²) >= 11 is 0. The predicted molar refractivity (Wildman–Crippen MR) is 37.0 cm³/mol. The molecule has 0 fully saturated rings. The van der Waals surface area contributed by atoms with E-state index in [0.717, 1.165) is 6.42 Å². The van der Waals surface area contributed by atoms with Crippen LogP contribution in [0.2, 0.25) is 0 Å². The summed E-state index contributed by atoms with van der Waals surface area (Å²) in [6.45, 7) is 5.70. The second-order valence-electron chi connectivity index (χ2n) is 2.77. The van der Waals surface area contributed by atoms with Gasteiger partial charge in [0.2, 0.25) is 0 Å². The van der Waals surface area contributed by atoms with E-state index in [4.69, 9.17) is 0 Å². The summed E-state index contributed by atoms with van der Waals surface area (Å²) in [4.78, 5) is 14.1. The van der Waals surface area contributed by atoms with Crippen LogP contribution in [-0.2, 0) is 4.84 Å². The molecule has 1 atom stereocenters. The Labute approximate surface area is 60.3 Å². The van der Waals surface area contributed by atoms with Crippen molar-refractivity contribution in [3.63, 3.8) is 0 Å². The summed E-state index contributed by atoms with van der Waals surface area (Å²) in [7, 11) is 0. The Morgan fingerprint density at radius 2 is 2.00 bits per heavy atom. The minimum atomic E-state index is -0.743. The molecule has 0 aliphatic rings. The third kappa shape index (κ3) is 5.34. The van der Waals surface area contributed by atoms with Crippen molar-refractivity contribution in [3.05, 3.63) is 10.1 Å². The minimum absolute atomic E-state index is 0.282. The molecule has 0 aromatic carbocycles. The average molecular weight is 147 g/mol. The molecule has 4 heteroatoms. The van der Waals surface area contributed by atoms with Crippen molar-refractivity contribution in [2.45, 2.75) is 33.3 Å². The zero-order valence-electron chi connectivity index (χ0n) is 6.53. The summed E-state index contributed by atoms with van der Waals surface area (Å²) < 4.78 is 0. The van der Waals surface area contributed by atoms with Crippen molar-refractivity contribution in [1.29, 1.82) is 0 Å². The number of hydrogen-bond acceptors (Lipinski definition) is 3. The van der Waals surface area contributed by atoms with Gasteiger partial charge in [0.15, 0.2) is 0 Å². The van der Waals surface area contributed by atoms with Crippen LogP contribution in [0.1, 0.15) is 27.2 Å². The molecule has 60 valence electrons. The molecule has 10 heavy (non-hydrogen) atoms. The molecule has 0 saturated heterocycles. The third-order valence-electron chi connectivity index (χ3n) is 1.07. The zero-order chi connectivity index (χ0) is 8.15. The van der Waals surface area contributed by atoms with Crippen LogP contribution in [0, 0.1) is 16.0 Å². The van der Waals surface area contributed by atoms with Gasteiger partial charge in [0.05, 0.1) is 0 Å². The fourth-order valence-corrected chi connectivity index (χ4v) is 0.854. The molecular weight excluding hydrogens is 134 g/mol. The van der Waals surface area contributed by atoms with E-state index in [1.165, 1.54) is 0 Å². The second kappa shape index (κ2) is 4.09. The fraction of sp³-hybridized carbons (Fsp3) is 1.00. The Morgan fingerprint density at radius 3 is 2.30 bits per heavy atom. The lowest BCUT2D eigenvalue weighted by Crippen LogP contribution is -2.15. The van der Waals surface area contributed by atoms with Gasteiger partial charge in [-0.3, -0.25) is 0 Å². The molecule has 0 saturated carbocycles. The molecular formula is C6H13NO3. The molecule has 1 unspecified atom stereocenters. The monoisotopic (exact) mass is 147 g/mol. The summed E-state index contributed by atoms with van der Waals surface area (Å²) in [5.74, 6) is 0.440. The Kier molecular flexibility index (Phi) is 3.76. The lowest BCUT2D eigenvalue weighted by Gasteiger charge is -2.10. The summed E-state index contributed by atoms with van der Waals surface area (Å²) in [6, 6.07) is 0. The van der Waals surface area contributed by atoms with Gasteiger partial charge >= 0.3 is 0 Å². The molecule has 0 aliphatic heterocycles. The number of nitrogens with zero attached hydrogens (tertiary/aromatic N) is 1. The highest BCUT2D eigenvalue weighted by Gasteiger charge is 2.07. The highest BCUT2D eigenvalue weighted by Crippen LogP contribution is 2.06. The molecule has 0 amide bonds. The Bertz CT molecular complexity index is 114. The second-order valence-corrected chi connectivity index (χ2v) is 2.77. The van der Waals surface area contributed by atoms with Gasteiger partial charge in [-0.25, -0.2) is 0 Å². The minimum Gasteiger partial charge on any atom is -0.311 e. The average Bonchev–Trinajstić information content (AvgIpc) is 1.58. The molecule has 0 rings (SSSR count). The van der Waals surface area contributed by atoms with Crippen LogP contribution in [-0.4, -0.2) is 11.2 Å². The summed E-state index contributed by atoms with van der Waals surface area (Å²) in [6.07, 6.45) is 0.441. The van der Waals surface area contributed by atoms with Crippen LogP contribution < -0.4 is 0 Å². The predicted octanol–water partition coefficient (Wildman–Crippen LogP) is 1.63. The van der Waals surface area contributed by atoms with E-state index < -0.39 is 5.09 Å². The lowest BCUT2D eigenvalue weighted by molar-refractivity contribution is -0.768. The van der Waals surface area contributed by atoms with Crippen molar-refractivity contribution < 1.29 is 9.92 Å². The van der Waals surface area contributed by atoms with Crippen molar-refractivity contribution in [1.82, 2.24) is 0 Å². The molecule has 4 nitrogen and oxygen atoms in total. The van der Waals surface area contributed by atoms with E-state index in [9.17, 15) is 10.1 Å². The van der Waals surface area contributed by atoms with Crippen molar-refractivity contribution >= 4 is 0 Å². The van der Waals surface area contributed by atoms with Crippen LogP contribution in [0.15, 0.2) is 0 Å². The molecule has 0 N–H and O–H groups in total. The number of rotatable bonds is 4. The van der Waals surface area contributed by atoms with E-state index in [2.05, 4.69) is 4.84 Å². The Balaban J connectivity index is 3.43. The molecule has 0 radical (unpaired) electrons. The van der Waals surface area contributed by atoms with Gasteiger partial charge in [-0.1, -0.05) is 13.8 Å². The number of hydrogen-bond donors (Lipinski definition) is 0. The summed E-state index contributed by atoms with van der Waals surface area (Å²) in [5.41, 5.74) is 0. The quantitative estimate of drug-likeness (QED) is 0.448. The van der Waals surface area contributed by atoms with Gasteiger partial charge in [0.25, 0.3) is 5.09 Å². The van der Waals surface area contributed by atoms with Gasteiger partial charge in [-0.05, 0) is 19.3 Å². The zero-order valence-corrected chi connectivity index (χ0v) is 6.53. The van der Waals surface area contributed by atoms with Gasteiger partial charge in [-0.2, -0.15) is 0 Å². The van der Waals surface area contributed by atoms with Crippen LogP contribution in [0.5, 0.6) is 0 Å². The van der Waals surface area contributed by atoms with Crippen molar-refractivity contribution in [2.75, 3.05) is 0 Å². The highest BCUT2D eigenvalue weighted by molar-refractivity contribution is 4.50. The SMILES string of the molecule is CC(C)CC(C)O[N+](=O)[O-]. The van der Waals surface area contributed by atoms with Gasteiger partial charge in [0.1, 0.15) is 6.10 Å². The van der Waals surface area contributed by atoms with Crippen LogP contribution in [0.4, 0.5) is 0 Å². The van der Waals surface area contributed by atoms with Gasteiger partial charge in [-0.15, -0.1) is 10.1 Å². The van der Waals surface area contributed by atoms with E-state index in [1.807, 2.05) is 13.8 Å². The largest absolute Gasteiger partial charge is 0.311 e.